The van der Waals surface area contributed by atoms with Crippen LogP contribution in [0.15, 0.2) is 42.5 Å². The Hall–Kier alpha value is -3.66. The van der Waals surface area contributed by atoms with Crippen LogP contribution >= 0.6 is 0 Å². The van der Waals surface area contributed by atoms with Crippen LogP contribution < -0.4 is 15.0 Å². The zero-order chi connectivity index (χ0) is 23.7. The van der Waals surface area contributed by atoms with E-state index in [2.05, 4.69) is 5.32 Å². The Balaban J connectivity index is 1.90. The number of ether oxygens (including phenoxy) is 2. The molecule has 2 rings (SSSR count). The maximum absolute atomic E-state index is 12.4. The highest BCUT2D eigenvalue weighted by Crippen LogP contribution is 2.28. The lowest BCUT2D eigenvalue weighted by Crippen LogP contribution is -2.32. The number of carbonyl (C=O) groups is 2. The smallest absolute Gasteiger partial charge is 0.414 e. The summed E-state index contributed by atoms with van der Waals surface area (Å²) < 4.78 is 10.3. The maximum Gasteiger partial charge on any atom is 0.414 e. The molecule has 32 heavy (non-hydrogen) atoms. The van der Waals surface area contributed by atoms with E-state index in [1.807, 2.05) is 19.0 Å². The number of anilines is 1. The van der Waals surface area contributed by atoms with Gasteiger partial charge < -0.3 is 19.7 Å². The van der Waals surface area contributed by atoms with E-state index in [1.54, 1.807) is 31.3 Å². The molecule has 10 nitrogen and oxygen atoms in total. The normalized spacial score (nSPS) is 10.5. The Kier molecular flexibility index (Phi) is 8.96. The van der Waals surface area contributed by atoms with Crippen molar-refractivity contribution < 1.29 is 24.0 Å². The van der Waals surface area contributed by atoms with E-state index < -0.39 is 11.0 Å². The molecule has 0 spiro atoms. The van der Waals surface area contributed by atoms with Gasteiger partial charge in [-0.2, -0.15) is 0 Å². The summed E-state index contributed by atoms with van der Waals surface area (Å²) in [6, 6.07) is 11.3. The summed E-state index contributed by atoms with van der Waals surface area (Å²) >= 11 is 0. The molecular formula is C22H28N4O6. The summed E-state index contributed by atoms with van der Waals surface area (Å²) in [5.41, 5.74) is 1.83. The van der Waals surface area contributed by atoms with Crippen LogP contribution in [0.1, 0.15) is 11.1 Å². The summed E-state index contributed by atoms with van der Waals surface area (Å²) in [6.07, 6.45) is -0.333. The number of hydrogen-bond acceptors (Lipinski definition) is 7. The zero-order valence-electron chi connectivity index (χ0n) is 18.7. The lowest BCUT2D eigenvalue weighted by molar-refractivity contribution is -0.385. The third kappa shape index (κ3) is 7.24. The fourth-order valence-corrected chi connectivity index (χ4v) is 2.81. The standard InChI is InChI=1S/C22H28N4O6/c1-24(2)12-11-23-21(27)14-16-5-8-18(9-6-16)25(3)22(28)32-15-17-7-10-19(26(29)30)20(13-17)31-4/h5-10,13H,11-12,14-15H2,1-4H3,(H,23,27). The molecule has 0 unspecified atom stereocenters. The van der Waals surface area contributed by atoms with Crippen LogP contribution in [0.4, 0.5) is 16.2 Å². The van der Waals surface area contributed by atoms with Gasteiger partial charge in [-0.15, -0.1) is 0 Å². The highest BCUT2D eigenvalue weighted by Gasteiger charge is 2.17. The van der Waals surface area contributed by atoms with Gasteiger partial charge in [-0.05, 0) is 49.5 Å². The summed E-state index contributed by atoms with van der Waals surface area (Å²) in [4.78, 5) is 38.1. The van der Waals surface area contributed by atoms with Gasteiger partial charge in [0.2, 0.25) is 5.91 Å². The maximum atomic E-state index is 12.4. The molecule has 2 amide bonds. The quantitative estimate of drug-likeness (QED) is 0.442. The van der Waals surface area contributed by atoms with Crippen molar-refractivity contribution in [1.82, 2.24) is 10.2 Å². The van der Waals surface area contributed by atoms with Gasteiger partial charge in [0.25, 0.3) is 0 Å². The fourth-order valence-electron chi connectivity index (χ4n) is 2.81. The van der Waals surface area contributed by atoms with E-state index in [0.29, 0.717) is 17.8 Å². The predicted octanol–water partition coefficient (Wildman–Crippen LogP) is 2.60. The number of hydrogen-bond donors (Lipinski definition) is 1. The summed E-state index contributed by atoms with van der Waals surface area (Å²) in [5, 5.41) is 13.8. The van der Waals surface area contributed by atoms with Crippen molar-refractivity contribution in [2.75, 3.05) is 46.2 Å². The molecule has 10 heteroatoms. The van der Waals surface area contributed by atoms with Crippen LogP contribution in [0.2, 0.25) is 0 Å². The van der Waals surface area contributed by atoms with Crippen molar-refractivity contribution in [1.29, 1.82) is 0 Å². The molecular weight excluding hydrogens is 416 g/mol. The van der Waals surface area contributed by atoms with Crippen molar-refractivity contribution in [3.05, 3.63) is 63.7 Å². The van der Waals surface area contributed by atoms with Gasteiger partial charge >= 0.3 is 11.8 Å². The average Bonchev–Trinajstić information content (AvgIpc) is 2.76. The summed E-state index contributed by atoms with van der Waals surface area (Å²) in [6.45, 7) is 1.28. The van der Waals surface area contributed by atoms with Crippen molar-refractivity contribution in [2.45, 2.75) is 13.0 Å². The number of nitrogens with zero attached hydrogens (tertiary/aromatic N) is 3. The van der Waals surface area contributed by atoms with Gasteiger partial charge in [-0.25, -0.2) is 4.79 Å². The number of nitro benzene ring substituents is 1. The van der Waals surface area contributed by atoms with E-state index in [-0.39, 0.29) is 30.4 Å². The second kappa shape index (κ2) is 11.7. The van der Waals surface area contributed by atoms with E-state index >= 15 is 0 Å². The van der Waals surface area contributed by atoms with Gasteiger partial charge in [0.1, 0.15) is 6.61 Å². The van der Waals surface area contributed by atoms with E-state index in [1.165, 1.54) is 30.2 Å². The van der Waals surface area contributed by atoms with Gasteiger partial charge in [-0.1, -0.05) is 12.1 Å². The van der Waals surface area contributed by atoms with Crippen LogP contribution in [0, 0.1) is 10.1 Å². The fraction of sp³-hybridized carbons (Fsp3) is 0.364. The molecule has 1 N–H and O–H groups in total. The Morgan fingerprint density at radius 1 is 1.06 bits per heavy atom. The molecule has 0 saturated heterocycles. The minimum Gasteiger partial charge on any atom is -0.490 e. The van der Waals surface area contributed by atoms with Crippen molar-refractivity contribution >= 4 is 23.4 Å². The molecule has 0 heterocycles. The Morgan fingerprint density at radius 3 is 2.31 bits per heavy atom. The highest BCUT2D eigenvalue weighted by atomic mass is 16.6. The number of amides is 2. The van der Waals surface area contributed by atoms with Crippen molar-refractivity contribution in [3.63, 3.8) is 0 Å². The number of rotatable bonds is 10. The van der Waals surface area contributed by atoms with E-state index in [4.69, 9.17) is 9.47 Å². The van der Waals surface area contributed by atoms with Crippen LogP contribution in [-0.2, 0) is 22.6 Å². The number of likely N-dealkylation sites (N-methyl/N-ethyl adjacent to an activating group) is 1. The minimum absolute atomic E-state index is 0.0640. The monoisotopic (exact) mass is 444 g/mol. The van der Waals surface area contributed by atoms with Gasteiger partial charge in [-0.3, -0.25) is 19.8 Å². The van der Waals surface area contributed by atoms with Crippen LogP contribution in [-0.4, -0.2) is 63.2 Å². The molecule has 0 radical (unpaired) electrons. The molecule has 0 aliphatic carbocycles. The first-order chi connectivity index (χ1) is 15.2. The Morgan fingerprint density at radius 2 is 1.72 bits per heavy atom. The largest absolute Gasteiger partial charge is 0.490 e. The second-order valence-electron chi connectivity index (χ2n) is 7.37. The summed E-state index contributed by atoms with van der Waals surface area (Å²) in [7, 11) is 6.79. The minimum atomic E-state index is -0.587. The lowest BCUT2D eigenvalue weighted by atomic mass is 10.1. The van der Waals surface area contributed by atoms with Gasteiger partial charge in [0, 0.05) is 31.9 Å². The number of methoxy groups -OCH3 is 1. The van der Waals surface area contributed by atoms with Gasteiger partial charge in [0.05, 0.1) is 18.5 Å². The molecule has 2 aromatic rings. The SMILES string of the molecule is COc1cc(COC(=O)N(C)c2ccc(CC(=O)NCCN(C)C)cc2)ccc1[N+](=O)[O-]. The molecule has 0 aliphatic heterocycles. The van der Waals surface area contributed by atoms with E-state index in [0.717, 1.165) is 12.1 Å². The van der Waals surface area contributed by atoms with Crippen LogP contribution in [0.25, 0.3) is 0 Å². The molecule has 0 atom stereocenters. The van der Waals surface area contributed by atoms with Crippen molar-refractivity contribution in [2.24, 2.45) is 0 Å². The first kappa shape index (κ1) is 24.6. The number of nitrogens with one attached hydrogen (secondary N) is 1. The van der Waals surface area contributed by atoms with Crippen molar-refractivity contribution in [3.8, 4) is 5.75 Å². The molecule has 172 valence electrons. The zero-order valence-corrected chi connectivity index (χ0v) is 18.7. The number of benzene rings is 2. The third-order valence-electron chi connectivity index (χ3n) is 4.65. The van der Waals surface area contributed by atoms with E-state index in [9.17, 15) is 19.7 Å². The lowest BCUT2D eigenvalue weighted by Gasteiger charge is -2.17. The second-order valence-corrected chi connectivity index (χ2v) is 7.37. The average molecular weight is 444 g/mol. The number of carbonyl (C=O) groups excluding carboxylic acids is 2. The third-order valence-corrected chi connectivity index (χ3v) is 4.65. The molecule has 0 saturated carbocycles. The molecule has 0 bridgehead atoms. The predicted molar refractivity (Wildman–Crippen MR) is 120 cm³/mol. The Bertz CT molecular complexity index is 946. The first-order valence-corrected chi connectivity index (χ1v) is 9.93. The highest BCUT2D eigenvalue weighted by molar-refractivity contribution is 5.87. The van der Waals surface area contributed by atoms with Gasteiger partial charge in [0.15, 0.2) is 5.75 Å². The molecule has 0 fully saturated rings. The first-order valence-electron chi connectivity index (χ1n) is 9.93. The van der Waals surface area contributed by atoms with Crippen LogP contribution in [0.3, 0.4) is 0 Å². The molecule has 0 aliphatic rings. The summed E-state index contributed by atoms with van der Waals surface area (Å²) in [5.74, 6) is 0.0316. The molecule has 0 aromatic heterocycles. The Labute approximate surface area is 186 Å². The van der Waals surface area contributed by atoms with Crippen LogP contribution in [0.5, 0.6) is 5.75 Å². The number of nitro groups is 1. The topological polar surface area (TPSA) is 114 Å². The molecule has 2 aromatic carbocycles.